The van der Waals surface area contributed by atoms with E-state index in [0.717, 1.165) is 6.92 Å². The van der Waals surface area contributed by atoms with Crippen LogP contribution in [0.5, 0.6) is 0 Å². The Morgan fingerprint density at radius 1 is 1.06 bits per heavy atom. The third kappa shape index (κ3) is 8.13. The number of carboxylic acids is 1. The number of aliphatic hydroxyl groups excluding tert-OH is 3. The van der Waals surface area contributed by atoms with Gasteiger partial charge in [0.2, 0.25) is 5.91 Å². The minimum absolute atomic E-state index is 0.606. The lowest BCUT2D eigenvalue weighted by molar-refractivity contribution is -0.620. The summed E-state index contributed by atoms with van der Waals surface area (Å²) in [7, 11) is -4.95. The third-order valence-corrected chi connectivity index (χ3v) is 5.50. The summed E-state index contributed by atoms with van der Waals surface area (Å²) >= 11 is 3.24. The van der Waals surface area contributed by atoms with Gasteiger partial charge in [-0.25, -0.2) is 8.98 Å². The maximum absolute atomic E-state index is 11.8. The predicted molar refractivity (Wildman–Crippen MR) is 106 cm³/mol. The van der Waals surface area contributed by atoms with Crippen molar-refractivity contribution >= 4 is 35.2 Å². The van der Waals surface area contributed by atoms with Gasteiger partial charge in [-0.2, -0.15) is 13.3 Å². The van der Waals surface area contributed by atoms with Gasteiger partial charge in [0.05, 0.1) is 18.8 Å². The number of ether oxygens (including phenoxy) is 3. The van der Waals surface area contributed by atoms with Crippen LogP contribution in [0.15, 0.2) is 0 Å². The molecule has 4 unspecified atom stereocenters. The number of hydrogen-bond donors (Lipinski definition) is 7. The smallest absolute Gasteiger partial charge is 0.397 e. The van der Waals surface area contributed by atoms with Crippen LogP contribution >= 0.6 is 12.9 Å². The molecule has 0 aromatic heterocycles. The Labute approximate surface area is 203 Å². The van der Waals surface area contributed by atoms with Crippen molar-refractivity contribution in [3.8, 4) is 0 Å². The zero-order chi connectivity index (χ0) is 26.5. The molecule has 0 aliphatic carbocycles. The summed E-state index contributed by atoms with van der Waals surface area (Å²) in [6, 6.07) is -1.16. The number of rotatable bonds is 11. The van der Waals surface area contributed by atoms with E-state index in [4.69, 9.17) is 23.7 Å². The van der Waals surface area contributed by atoms with Crippen molar-refractivity contribution in [2.45, 2.75) is 75.0 Å². The number of carboxylic acid groups (broad SMARTS) is 1. The van der Waals surface area contributed by atoms with Gasteiger partial charge in [-0.15, -0.1) is 4.33 Å². The molecule has 6 N–H and O–H groups in total. The predicted octanol–water partition coefficient (Wildman–Crippen LogP) is -3.60. The van der Waals surface area contributed by atoms with Crippen LogP contribution in [0.1, 0.15) is 13.8 Å². The first-order chi connectivity index (χ1) is 16.3. The molecular formula is C15H25NO17S2. The van der Waals surface area contributed by atoms with E-state index < -0.39 is 90.0 Å². The standard InChI is InChI=1S/C15H25NO17S2/c1-4-7(16-5(2)17)12(28-15-10(20)8(18)9(19)13(29-15)14(21)22)11(30-31-32-33-34)6(27-4)3-26-35(23,24)25/h4,6-13,15,18-20,34H,3H2,1-2H3,(H,16,17)(H,21,22)(H,23,24,25)/t4-,6?,7?,8-,9+,10?,11-,12+,13?,15+/m0/s1. The lowest BCUT2D eigenvalue weighted by Crippen LogP contribution is -2.68. The average molecular weight is 555 g/mol. The summed E-state index contributed by atoms with van der Waals surface area (Å²) in [4.78, 5) is 28.1. The Hall–Kier alpha value is -1.24. The van der Waals surface area contributed by atoms with Crippen LogP contribution in [0.25, 0.3) is 0 Å². The quantitative estimate of drug-likeness (QED) is 0.0324. The number of carbonyl (C=O) groups is 2. The minimum Gasteiger partial charge on any atom is -0.479 e. The normalized spacial score (nSPS) is 38.1. The van der Waals surface area contributed by atoms with E-state index in [9.17, 15) is 38.4 Å². The van der Waals surface area contributed by atoms with Crippen molar-refractivity contribution in [3.05, 3.63) is 0 Å². The summed E-state index contributed by atoms with van der Waals surface area (Å²) in [6.45, 7) is 1.66. The lowest BCUT2D eigenvalue weighted by Gasteiger charge is -2.47. The fourth-order valence-corrected chi connectivity index (χ4v) is 3.85. The van der Waals surface area contributed by atoms with E-state index in [0.29, 0.717) is 0 Å². The fraction of sp³-hybridized carbons (Fsp3) is 0.867. The van der Waals surface area contributed by atoms with Crippen LogP contribution in [0.4, 0.5) is 0 Å². The molecule has 2 fully saturated rings. The largest absolute Gasteiger partial charge is 0.479 e. The number of hydrogen-bond acceptors (Lipinski definition) is 16. The van der Waals surface area contributed by atoms with Gasteiger partial charge in [0.1, 0.15) is 30.5 Å². The molecule has 2 aliphatic rings. The van der Waals surface area contributed by atoms with Crippen molar-refractivity contribution in [1.82, 2.24) is 5.32 Å². The summed E-state index contributed by atoms with van der Waals surface area (Å²) in [6.07, 6.45) is -15.6. The summed E-state index contributed by atoms with van der Waals surface area (Å²) in [5.74, 6) is -2.30. The molecule has 2 rings (SSSR count). The highest BCUT2D eigenvalue weighted by molar-refractivity contribution is 7.80. The first-order valence-corrected chi connectivity index (χ1v) is 11.4. The van der Waals surface area contributed by atoms with E-state index in [-0.39, 0.29) is 0 Å². The van der Waals surface area contributed by atoms with Crippen LogP contribution in [-0.2, 0) is 57.7 Å². The topological polar surface area (TPSA) is 255 Å². The van der Waals surface area contributed by atoms with Crippen LogP contribution in [-0.4, -0.2) is 113 Å². The molecule has 0 aromatic carbocycles. The zero-order valence-electron chi connectivity index (χ0n) is 18.0. The Kier molecular flexibility index (Phi) is 11.0. The molecule has 0 saturated carbocycles. The number of aliphatic carboxylic acids is 1. The second-order valence-electron chi connectivity index (χ2n) is 7.43. The maximum atomic E-state index is 11.8. The molecule has 0 radical (unpaired) electrons. The van der Waals surface area contributed by atoms with Gasteiger partial charge < -0.3 is 40.0 Å². The van der Waals surface area contributed by atoms with Crippen LogP contribution in [0, 0.1) is 0 Å². The highest BCUT2D eigenvalue weighted by atomic mass is 32.3. The highest BCUT2D eigenvalue weighted by Gasteiger charge is 2.53. The monoisotopic (exact) mass is 555 g/mol. The van der Waals surface area contributed by atoms with E-state index in [1.165, 1.54) is 6.92 Å². The summed E-state index contributed by atoms with van der Waals surface area (Å²) < 4.78 is 55.5. The first-order valence-electron chi connectivity index (χ1n) is 9.69. The van der Waals surface area contributed by atoms with Gasteiger partial charge in [0.25, 0.3) is 0 Å². The number of aliphatic hydroxyl groups is 3. The Bertz CT molecular complexity index is 828. The number of thiol groups is 1. The zero-order valence-corrected chi connectivity index (χ0v) is 19.7. The number of carbonyl (C=O) groups excluding carboxylic acids is 1. The summed E-state index contributed by atoms with van der Waals surface area (Å²) in [5, 5.41) is 50.3. The van der Waals surface area contributed by atoms with E-state index in [2.05, 4.69) is 36.8 Å². The Balaban J connectivity index is 2.40. The SMILES string of the molecule is CC(=O)NC1[C@H](C)OC(COS(=O)(=O)O)[C@H](OOOOS)[C@@H]1O[C@@H]1OC(C(=O)O)[C@H](O)[C@H](O)C1O. The molecular weight excluding hydrogens is 530 g/mol. The molecule has 0 spiro atoms. The summed E-state index contributed by atoms with van der Waals surface area (Å²) in [5.41, 5.74) is 0. The second kappa shape index (κ2) is 12.8. The van der Waals surface area contributed by atoms with Gasteiger partial charge in [-0.1, -0.05) is 0 Å². The highest BCUT2D eigenvalue weighted by Crippen LogP contribution is 2.31. The molecule has 10 atom stereocenters. The molecule has 18 nitrogen and oxygen atoms in total. The average Bonchev–Trinajstić information content (AvgIpc) is 2.75. The van der Waals surface area contributed by atoms with Crippen molar-refractivity contribution in [2.75, 3.05) is 6.61 Å². The number of nitrogens with one attached hydrogen (secondary N) is 1. The van der Waals surface area contributed by atoms with Gasteiger partial charge in [-0.05, 0) is 17.0 Å². The van der Waals surface area contributed by atoms with Crippen LogP contribution < -0.4 is 5.32 Å². The minimum atomic E-state index is -4.95. The van der Waals surface area contributed by atoms with Crippen molar-refractivity contribution in [3.63, 3.8) is 0 Å². The maximum Gasteiger partial charge on any atom is 0.397 e. The Morgan fingerprint density at radius 2 is 1.71 bits per heavy atom. The van der Waals surface area contributed by atoms with Gasteiger partial charge in [-0.3, -0.25) is 9.35 Å². The number of amides is 1. The fourth-order valence-electron chi connectivity index (χ4n) is 3.51. The molecule has 2 heterocycles. The van der Waals surface area contributed by atoms with E-state index in [1.807, 2.05) is 0 Å². The van der Waals surface area contributed by atoms with Crippen LogP contribution in [0.3, 0.4) is 0 Å². The van der Waals surface area contributed by atoms with Gasteiger partial charge in [0.15, 0.2) is 18.5 Å². The van der Waals surface area contributed by atoms with Crippen LogP contribution in [0.2, 0.25) is 0 Å². The van der Waals surface area contributed by atoms with E-state index in [1.54, 1.807) is 0 Å². The molecule has 0 bridgehead atoms. The van der Waals surface area contributed by atoms with Gasteiger partial charge >= 0.3 is 16.4 Å². The molecule has 20 heteroatoms. The third-order valence-electron chi connectivity index (χ3n) is 5.00. The molecule has 0 aromatic rings. The van der Waals surface area contributed by atoms with Crippen molar-refractivity contribution in [2.24, 2.45) is 0 Å². The first kappa shape index (κ1) is 30.0. The molecule has 1 amide bonds. The molecule has 2 saturated heterocycles. The molecule has 204 valence electrons. The molecule has 2 aliphatic heterocycles. The lowest BCUT2D eigenvalue weighted by atomic mass is 9.92. The van der Waals surface area contributed by atoms with Crippen molar-refractivity contribution < 1.29 is 80.7 Å². The van der Waals surface area contributed by atoms with Crippen molar-refractivity contribution in [1.29, 1.82) is 0 Å². The van der Waals surface area contributed by atoms with Gasteiger partial charge in [0, 0.05) is 19.8 Å². The van der Waals surface area contributed by atoms with E-state index >= 15 is 0 Å². The molecule has 35 heavy (non-hydrogen) atoms. The Morgan fingerprint density at radius 3 is 2.26 bits per heavy atom. The second-order valence-corrected chi connectivity index (χ2v) is 8.67.